The highest BCUT2D eigenvalue weighted by Crippen LogP contribution is 2.29. The van der Waals surface area contributed by atoms with Gasteiger partial charge in [-0.25, -0.2) is 0 Å². The average Bonchev–Trinajstić information content (AvgIpc) is 3.36. The summed E-state index contributed by atoms with van der Waals surface area (Å²) in [4.78, 5) is 40.6. The molecule has 3 aromatic rings. The predicted molar refractivity (Wildman–Crippen MR) is 121 cm³/mol. The van der Waals surface area contributed by atoms with E-state index < -0.39 is 11.9 Å². The van der Waals surface area contributed by atoms with Gasteiger partial charge < -0.3 is 15.5 Å². The third-order valence-corrected chi connectivity index (χ3v) is 6.08. The fourth-order valence-corrected chi connectivity index (χ4v) is 4.36. The number of benzene rings is 2. The molecule has 158 valence electrons. The summed E-state index contributed by atoms with van der Waals surface area (Å²) in [6.07, 6.45) is 1.80. The van der Waals surface area contributed by atoms with Crippen molar-refractivity contribution in [2.24, 2.45) is 0 Å². The van der Waals surface area contributed by atoms with Crippen LogP contribution in [0.15, 0.2) is 72.1 Å². The van der Waals surface area contributed by atoms with E-state index in [1.807, 2.05) is 54.6 Å². The van der Waals surface area contributed by atoms with Gasteiger partial charge in [0, 0.05) is 12.2 Å². The number of anilines is 1. The van der Waals surface area contributed by atoms with Gasteiger partial charge in [0.1, 0.15) is 6.04 Å². The highest BCUT2D eigenvalue weighted by Gasteiger charge is 2.30. The summed E-state index contributed by atoms with van der Waals surface area (Å²) < 4.78 is 0. The number of hydrogen-bond acceptors (Lipinski definition) is 4. The number of amides is 3. The molecule has 0 spiro atoms. The molecule has 2 N–H and O–H groups in total. The lowest BCUT2D eigenvalue weighted by molar-refractivity contribution is -0.127. The number of fused-ring (bicyclic) bond motifs is 1. The molecule has 1 aliphatic rings. The van der Waals surface area contributed by atoms with Crippen molar-refractivity contribution >= 4 is 34.7 Å². The van der Waals surface area contributed by atoms with Crippen LogP contribution in [0.25, 0.3) is 0 Å². The maximum Gasteiger partial charge on any atom is 0.261 e. The van der Waals surface area contributed by atoms with Gasteiger partial charge in [0.2, 0.25) is 5.91 Å². The third kappa shape index (κ3) is 4.83. The Hall–Kier alpha value is -3.45. The van der Waals surface area contributed by atoms with Crippen molar-refractivity contribution in [3.63, 3.8) is 0 Å². The molecule has 6 nitrogen and oxygen atoms in total. The Kier molecular flexibility index (Phi) is 6.43. The Balaban J connectivity index is 1.51. The molecule has 7 heteroatoms. The van der Waals surface area contributed by atoms with Gasteiger partial charge in [0.25, 0.3) is 11.8 Å². The first-order valence-corrected chi connectivity index (χ1v) is 11.1. The van der Waals surface area contributed by atoms with Crippen molar-refractivity contribution in [1.29, 1.82) is 0 Å². The van der Waals surface area contributed by atoms with Gasteiger partial charge in [-0.15, -0.1) is 11.3 Å². The van der Waals surface area contributed by atoms with Gasteiger partial charge in [-0.2, -0.15) is 0 Å². The van der Waals surface area contributed by atoms with Crippen LogP contribution in [0.5, 0.6) is 0 Å². The maximum absolute atomic E-state index is 13.5. The van der Waals surface area contributed by atoms with E-state index in [0.717, 1.165) is 24.1 Å². The maximum atomic E-state index is 13.5. The molecule has 4 rings (SSSR count). The van der Waals surface area contributed by atoms with Crippen LogP contribution in [0.2, 0.25) is 0 Å². The normalized spacial score (nSPS) is 13.7. The van der Waals surface area contributed by atoms with Gasteiger partial charge in [-0.3, -0.25) is 14.4 Å². The van der Waals surface area contributed by atoms with E-state index in [-0.39, 0.29) is 18.4 Å². The van der Waals surface area contributed by atoms with Crippen molar-refractivity contribution in [2.75, 3.05) is 18.0 Å². The fourth-order valence-electron chi connectivity index (χ4n) is 3.72. The predicted octanol–water partition coefficient (Wildman–Crippen LogP) is 3.31. The Morgan fingerprint density at radius 2 is 1.74 bits per heavy atom. The molecule has 2 aromatic carbocycles. The minimum absolute atomic E-state index is 0.184. The van der Waals surface area contributed by atoms with Gasteiger partial charge >= 0.3 is 0 Å². The molecule has 0 saturated heterocycles. The highest BCUT2D eigenvalue weighted by atomic mass is 32.1. The summed E-state index contributed by atoms with van der Waals surface area (Å²) >= 11 is 1.31. The van der Waals surface area contributed by atoms with E-state index in [9.17, 15) is 14.4 Å². The molecule has 0 fully saturated rings. The van der Waals surface area contributed by atoms with Crippen LogP contribution in [-0.2, 0) is 16.0 Å². The summed E-state index contributed by atoms with van der Waals surface area (Å²) in [5.74, 6) is -0.911. The van der Waals surface area contributed by atoms with Crippen LogP contribution < -0.4 is 15.5 Å². The highest BCUT2D eigenvalue weighted by molar-refractivity contribution is 7.12. The number of thiophene rings is 1. The molecular weight excluding hydrogens is 410 g/mol. The second-order valence-electron chi connectivity index (χ2n) is 7.29. The molecule has 31 heavy (non-hydrogen) atoms. The average molecular weight is 434 g/mol. The number of nitrogens with one attached hydrogen (secondary N) is 2. The molecule has 2 heterocycles. The van der Waals surface area contributed by atoms with E-state index in [2.05, 4.69) is 10.6 Å². The van der Waals surface area contributed by atoms with Crippen molar-refractivity contribution in [2.45, 2.75) is 18.9 Å². The summed E-state index contributed by atoms with van der Waals surface area (Å²) in [6, 6.07) is 19.7. The van der Waals surface area contributed by atoms with E-state index in [1.54, 1.807) is 22.4 Å². The molecule has 1 atom stereocenters. The molecule has 0 radical (unpaired) electrons. The van der Waals surface area contributed by atoms with Crippen LogP contribution >= 0.6 is 11.3 Å². The standard InChI is InChI=1S/C24H23N3O3S/c28-21(16-25-23(29)20-13-7-15-31-20)26-22(18-9-2-1-3-10-18)24(30)27-14-6-11-17-8-4-5-12-19(17)27/h1-5,7-10,12-13,15,22H,6,11,14,16H2,(H,25,29)(H,26,28). The molecule has 0 bridgehead atoms. The summed E-state index contributed by atoms with van der Waals surface area (Å²) in [5, 5.41) is 7.23. The van der Waals surface area contributed by atoms with Crippen molar-refractivity contribution < 1.29 is 14.4 Å². The van der Waals surface area contributed by atoms with E-state index in [1.165, 1.54) is 11.3 Å². The number of carbonyl (C=O) groups is 3. The Morgan fingerprint density at radius 3 is 2.52 bits per heavy atom. The van der Waals surface area contributed by atoms with Gasteiger partial charge in [0.05, 0.1) is 11.4 Å². The summed E-state index contributed by atoms with van der Waals surface area (Å²) in [7, 11) is 0. The van der Waals surface area contributed by atoms with Crippen LogP contribution in [0.3, 0.4) is 0 Å². The first kappa shape index (κ1) is 20.8. The number of nitrogens with zero attached hydrogens (tertiary/aromatic N) is 1. The van der Waals surface area contributed by atoms with Crippen LogP contribution in [0.1, 0.15) is 33.3 Å². The van der Waals surface area contributed by atoms with Gasteiger partial charge in [0.15, 0.2) is 0 Å². The second-order valence-corrected chi connectivity index (χ2v) is 8.24. The fraction of sp³-hybridized carbons (Fsp3) is 0.208. The lowest BCUT2D eigenvalue weighted by atomic mass is 9.99. The Morgan fingerprint density at radius 1 is 0.968 bits per heavy atom. The Bertz CT molecular complexity index is 1070. The zero-order valence-electron chi connectivity index (χ0n) is 16.9. The molecule has 0 aliphatic carbocycles. The zero-order valence-corrected chi connectivity index (χ0v) is 17.7. The summed E-state index contributed by atoms with van der Waals surface area (Å²) in [5.41, 5.74) is 2.72. The van der Waals surface area contributed by atoms with Crippen LogP contribution in [0, 0.1) is 0 Å². The molecule has 1 aliphatic heterocycles. The number of para-hydroxylation sites is 1. The minimum Gasteiger partial charge on any atom is -0.342 e. The molecule has 3 amide bonds. The largest absolute Gasteiger partial charge is 0.342 e. The smallest absolute Gasteiger partial charge is 0.261 e. The monoisotopic (exact) mass is 433 g/mol. The van der Waals surface area contributed by atoms with E-state index >= 15 is 0 Å². The third-order valence-electron chi connectivity index (χ3n) is 5.22. The quantitative estimate of drug-likeness (QED) is 0.626. The number of carbonyl (C=O) groups excluding carboxylic acids is 3. The molecule has 1 unspecified atom stereocenters. The first-order chi connectivity index (χ1) is 15.1. The van der Waals surface area contributed by atoms with Crippen molar-refractivity contribution in [1.82, 2.24) is 10.6 Å². The second kappa shape index (κ2) is 9.57. The van der Waals surface area contributed by atoms with Crippen LogP contribution in [0.4, 0.5) is 5.69 Å². The lowest BCUT2D eigenvalue weighted by Gasteiger charge is -2.32. The van der Waals surface area contributed by atoms with E-state index in [0.29, 0.717) is 17.0 Å². The number of hydrogen-bond donors (Lipinski definition) is 2. The van der Waals surface area contributed by atoms with Crippen LogP contribution in [-0.4, -0.2) is 30.8 Å². The zero-order chi connectivity index (χ0) is 21.6. The van der Waals surface area contributed by atoms with Gasteiger partial charge in [-0.05, 0) is 41.5 Å². The van der Waals surface area contributed by atoms with E-state index in [4.69, 9.17) is 0 Å². The topological polar surface area (TPSA) is 78.5 Å². The Labute approximate surface area is 184 Å². The SMILES string of the molecule is O=C(CNC(=O)c1cccs1)NC(C(=O)N1CCCc2ccccc21)c1ccccc1. The first-order valence-electron chi connectivity index (χ1n) is 10.2. The number of rotatable bonds is 6. The lowest BCUT2D eigenvalue weighted by Crippen LogP contribution is -2.47. The summed E-state index contributed by atoms with van der Waals surface area (Å²) in [6.45, 7) is 0.397. The molecule has 1 aromatic heterocycles. The molecular formula is C24H23N3O3S. The van der Waals surface area contributed by atoms with Crippen molar-refractivity contribution in [3.05, 3.63) is 88.1 Å². The minimum atomic E-state index is -0.835. The van der Waals surface area contributed by atoms with Crippen molar-refractivity contribution in [3.8, 4) is 0 Å². The molecule has 0 saturated carbocycles. The van der Waals surface area contributed by atoms with Gasteiger partial charge in [-0.1, -0.05) is 54.6 Å². The number of aryl methyl sites for hydroxylation is 1.